The molecule has 1 N–H and O–H groups in total. The zero-order chi connectivity index (χ0) is 15.3. The Bertz CT molecular complexity index is 559. The van der Waals surface area contributed by atoms with E-state index in [0.29, 0.717) is 6.16 Å². The van der Waals surface area contributed by atoms with Gasteiger partial charge in [0.1, 0.15) is 7.14 Å². The van der Waals surface area contributed by atoms with Crippen LogP contribution in [0.15, 0.2) is 60.7 Å². The Morgan fingerprint density at radius 1 is 0.857 bits per heavy atom. The summed E-state index contributed by atoms with van der Waals surface area (Å²) in [7, 11) is -2.57. The summed E-state index contributed by atoms with van der Waals surface area (Å²) in [4.78, 5) is 0. The molecule has 0 fully saturated rings. The Morgan fingerprint density at radius 2 is 1.29 bits per heavy atom. The number of nitrogens with one attached hydrogen (secondary N) is 1. The summed E-state index contributed by atoms with van der Waals surface area (Å²) >= 11 is 0. The van der Waals surface area contributed by atoms with Crippen molar-refractivity contribution in [2.75, 3.05) is 12.7 Å². The molecular weight excluding hydrogens is 277 g/mol. The maximum absolute atomic E-state index is 13.7. The van der Waals surface area contributed by atoms with Gasteiger partial charge in [0.05, 0.1) is 0 Å². The first-order chi connectivity index (χ1) is 9.92. The van der Waals surface area contributed by atoms with Gasteiger partial charge in [-0.25, -0.2) is 0 Å². The molecule has 2 aromatic rings. The van der Waals surface area contributed by atoms with Crippen molar-refractivity contribution in [3.05, 3.63) is 60.7 Å². The van der Waals surface area contributed by atoms with Crippen molar-refractivity contribution in [2.24, 2.45) is 0 Å². The lowest BCUT2D eigenvalue weighted by molar-refractivity contribution is 0.439. The van der Waals surface area contributed by atoms with Gasteiger partial charge in [0.2, 0.25) is 0 Å². The molecule has 0 amide bonds. The van der Waals surface area contributed by atoms with E-state index in [0.717, 1.165) is 17.2 Å². The van der Waals surface area contributed by atoms with Crippen LogP contribution in [0.4, 0.5) is 0 Å². The molecule has 21 heavy (non-hydrogen) atoms. The lowest BCUT2D eigenvalue weighted by Crippen LogP contribution is -2.38. The average Bonchev–Trinajstić information content (AvgIpc) is 2.47. The molecule has 2 rings (SSSR count). The average molecular weight is 301 g/mol. The van der Waals surface area contributed by atoms with Crippen molar-refractivity contribution >= 4 is 17.8 Å². The van der Waals surface area contributed by atoms with Crippen molar-refractivity contribution in [2.45, 2.75) is 26.3 Å². The largest absolute Gasteiger partial charge is 0.314 e. The molecule has 0 aliphatic rings. The number of hydrogen-bond donors (Lipinski definition) is 1. The number of hydrogen-bond acceptors (Lipinski definition) is 2. The van der Waals surface area contributed by atoms with Crippen LogP contribution in [0.3, 0.4) is 0 Å². The number of rotatable bonds is 5. The summed E-state index contributed by atoms with van der Waals surface area (Å²) in [6.45, 7) is 7.12. The normalized spacial score (nSPS) is 12.3. The highest BCUT2D eigenvalue weighted by Gasteiger charge is 2.27. The summed E-state index contributed by atoms with van der Waals surface area (Å²) in [5, 5.41) is 5.32. The second kappa shape index (κ2) is 6.60. The van der Waals surface area contributed by atoms with Crippen molar-refractivity contribution in [3.8, 4) is 0 Å². The summed E-state index contributed by atoms with van der Waals surface area (Å²) in [6.07, 6.45) is 0.637. The summed E-state index contributed by atoms with van der Waals surface area (Å²) < 4.78 is 13.7. The van der Waals surface area contributed by atoms with Gasteiger partial charge in [-0.15, -0.1) is 0 Å². The van der Waals surface area contributed by atoms with E-state index in [1.807, 2.05) is 60.7 Å². The summed E-state index contributed by atoms with van der Waals surface area (Å²) in [6, 6.07) is 19.7. The Kier molecular flexibility index (Phi) is 5.03. The molecule has 0 saturated carbocycles. The third kappa shape index (κ3) is 4.30. The molecule has 0 spiro atoms. The quantitative estimate of drug-likeness (QED) is 0.858. The van der Waals surface area contributed by atoms with Gasteiger partial charge in [-0.2, -0.15) is 0 Å². The highest BCUT2D eigenvalue weighted by molar-refractivity contribution is 7.78. The highest BCUT2D eigenvalue weighted by Crippen LogP contribution is 2.42. The maximum atomic E-state index is 13.7. The monoisotopic (exact) mass is 301 g/mol. The maximum Gasteiger partial charge on any atom is 0.144 e. The van der Waals surface area contributed by atoms with E-state index >= 15 is 0 Å². The lowest BCUT2D eigenvalue weighted by atomic mass is 10.1. The van der Waals surface area contributed by atoms with Crippen LogP contribution in [0.25, 0.3) is 0 Å². The third-order valence-electron chi connectivity index (χ3n) is 3.43. The molecule has 0 saturated heterocycles. The molecule has 0 bridgehead atoms. The fourth-order valence-corrected chi connectivity index (χ4v) is 4.88. The molecule has 112 valence electrons. The van der Waals surface area contributed by atoms with Crippen molar-refractivity contribution in [3.63, 3.8) is 0 Å². The smallest absolute Gasteiger partial charge is 0.144 e. The lowest BCUT2D eigenvalue weighted by Gasteiger charge is -2.24. The van der Waals surface area contributed by atoms with E-state index in [4.69, 9.17) is 0 Å². The SMILES string of the molecule is CC(C)(C)NCCP(=O)(c1ccccc1)c1ccccc1. The molecule has 0 radical (unpaired) electrons. The van der Waals surface area contributed by atoms with Gasteiger partial charge in [-0.1, -0.05) is 60.7 Å². The molecule has 0 unspecified atom stereocenters. The molecule has 0 heterocycles. The molecule has 3 heteroatoms. The highest BCUT2D eigenvalue weighted by atomic mass is 31.2. The minimum absolute atomic E-state index is 0.0399. The fraction of sp³-hybridized carbons (Fsp3) is 0.333. The van der Waals surface area contributed by atoms with E-state index in [2.05, 4.69) is 26.1 Å². The second-order valence-electron chi connectivity index (χ2n) is 6.31. The standard InChI is InChI=1S/C18H24NOP/c1-18(2,3)19-14-15-21(20,16-10-6-4-7-11-16)17-12-8-5-9-13-17/h4-13,19H,14-15H2,1-3H3. The zero-order valence-electron chi connectivity index (χ0n) is 13.0. The van der Waals surface area contributed by atoms with Gasteiger partial charge in [0, 0.05) is 28.9 Å². The molecular formula is C18H24NOP. The van der Waals surface area contributed by atoms with Gasteiger partial charge in [-0.3, -0.25) is 0 Å². The Morgan fingerprint density at radius 3 is 1.67 bits per heavy atom. The van der Waals surface area contributed by atoms with E-state index < -0.39 is 7.14 Å². The topological polar surface area (TPSA) is 29.1 Å². The van der Waals surface area contributed by atoms with Crippen LogP contribution in [-0.4, -0.2) is 18.2 Å². The Hall–Kier alpha value is -1.37. The molecule has 0 atom stereocenters. The van der Waals surface area contributed by atoms with E-state index in [-0.39, 0.29) is 5.54 Å². The molecule has 0 aliphatic carbocycles. The van der Waals surface area contributed by atoms with Crippen LogP contribution in [0, 0.1) is 0 Å². The predicted octanol–water partition coefficient (Wildman–Crippen LogP) is 3.39. The molecule has 2 nitrogen and oxygen atoms in total. The first kappa shape index (κ1) is 16.0. The van der Waals surface area contributed by atoms with Gasteiger partial charge in [-0.05, 0) is 20.8 Å². The van der Waals surface area contributed by atoms with E-state index in [9.17, 15) is 4.57 Å². The molecule has 0 aliphatic heterocycles. The van der Waals surface area contributed by atoms with Gasteiger partial charge < -0.3 is 9.88 Å². The predicted molar refractivity (Wildman–Crippen MR) is 92.4 cm³/mol. The summed E-state index contributed by atoms with van der Waals surface area (Å²) in [5.41, 5.74) is 0.0399. The molecule has 2 aromatic carbocycles. The van der Waals surface area contributed by atoms with Crippen LogP contribution < -0.4 is 15.9 Å². The summed E-state index contributed by atoms with van der Waals surface area (Å²) in [5.74, 6) is 0. The van der Waals surface area contributed by atoms with E-state index in [1.54, 1.807) is 0 Å². The van der Waals surface area contributed by atoms with Gasteiger partial charge in [0.15, 0.2) is 0 Å². The zero-order valence-corrected chi connectivity index (χ0v) is 13.9. The second-order valence-corrected chi connectivity index (χ2v) is 9.27. The van der Waals surface area contributed by atoms with Crippen molar-refractivity contribution in [1.82, 2.24) is 5.32 Å². The molecule has 0 aromatic heterocycles. The first-order valence-electron chi connectivity index (χ1n) is 7.37. The van der Waals surface area contributed by atoms with Crippen LogP contribution in [0.5, 0.6) is 0 Å². The Labute approximate surface area is 128 Å². The van der Waals surface area contributed by atoms with Gasteiger partial charge in [0.25, 0.3) is 0 Å². The van der Waals surface area contributed by atoms with Crippen molar-refractivity contribution < 1.29 is 4.57 Å². The van der Waals surface area contributed by atoms with Crippen LogP contribution >= 0.6 is 7.14 Å². The minimum Gasteiger partial charge on any atom is -0.314 e. The first-order valence-corrected chi connectivity index (χ1v) is 9.26. The number of benzene rings is 2. The van der Waals surface area contributed by atoms with E-state index in [1.165, 1.54) is 0 Å². The minimum atomic E-state index is -2.57. The van der Waals surface area contributed by atoms with Crippen LogP contribution in [0.2, 0.25) is 0 Å². The van der Waals surface area contributed by atoms with Gasteiger partial charge >= 0.3 is 0 Å². The Balaban J connectivity index is 2.30. The van der Waals surface area contributed by atoms with Crippen LogP contribution in [0.1, 0.15) is 20.8 Å². The third-order valence-corrected chi connectivity index (χ3v) is 6.55. The fourth-order valence-electron chi connectivity index (χ4n) is 2.33. The van der Waals surface area contributed by atoms with Crippen molar-refractivity contribution in [1.29, 1.82) is 0 Å². The van der Waals surface area contributed by atoms with Crippen LogP contribution in [-0.2, 0) is 4.57 Å².